The van der Waals surface area contributed by atoms with Gasteiger partial charge < -0.3 is 15.8 Å². The number of amides is 1. The number of rotatable bonds is 7. The van der Waals surface area contributed by atoms with E-state index in [0.29, 0.717) is 17.1 Å². The van der Waals surface area contributed by atoms with Gasteiger partial charge in [-0.2, -0.15) is 8.42 Å². The Morgan fingerprint density at radius 2 is 1.88 bits per heavy atom. The number of nitrogens with one attached hydrogen (secondary N) is 1. The van der Waals surface area contributed by atoms with Crippen LogP contribution in [-0.4, -0.2) is 27.5 Å². The van der Waals surface area contributed by atoms with Gasteiger partial charge in [-0.05, 0) is 30.7 Å². The Balaban J connectivity index is 2.14. The molecule has 0 fully saturated rings. The van der Waals surface area contributed by atoms with Crippen LogP contribution < -0.4 is 15.8 Å². The molecule has 7 nitrogen and oxygen atoms in total. The van der Waals surface area contributed by atoms with Gasteiger partial charge in [-0.15, -0.1) is 0 Å². The molecule has 2 aromatic rings. The highest BCUT2D eigenvalue weighted by Gasteiger charge is 2.26. The van der Waals surface area contributed by atoms with E-state index in [4.69, 9.17) is 14.7 Å². The average Bonchev–Trinajstić information content (AvgIpc) is 2.62. The van der Waals surface area contributed by atoms with Crippen LogP contribution in [0.25, 0.3) is 0 Å². The molecule has 0 saturated carbocycles. The molecule has 25 heavy (non-hydrogen) atoms. The lowest BCUT2D eigenvalue weighted by molar-refractivity contribution is -0.122. The molecule has 0 radical (unpaired) electrons. The lowest BCUT2D eigenvalue weighted by Crippen LogP contribution is -2.32. The van der Waals surface area contributed by atoms with Gasteiger partial charge in [0.15, 0.2) is 6.10 Å². The van der Waals surface area contributed by atoms with E-state index in [-0.39, 0.29) is 11.3 Å². The summed E-state index contributed by atoms with van der Waals surface area (Å²) in [6.07, 6.45) is -0.974. The van der Waals surface area contributed by atoms with E-state index in [9.17, 15) is 13.2 Å². The Morgan fingerprint density at radius 1 is 1.20 bits per heavy atom. The Bertz CT molecular complexity index is 837. The van der Waals surface area contributed by atoms with Crippen molar-refractivity contribution in [2.45, 2.75) is 24.3 Å². The number of hydrogen-bond donors (Lipinski definition) is 2. The third-order valence-electron chi connectivity index (χ3n) is 3.44. The Hall–Kier alpha value is -2.58. The second kappa shape index (κ2) is 8.00. The number of nitrogen functional groups attached to an aromatic ring is 1. The fourth-order valence-electron chi connectivity index (χ4n) is 2.10. The molecule has 0 aliphatic rings. The highest BCUT2D eigenvalue weighted by Crippen LogP contribution is 2.25. The standard InChI is InChI=1S/C17H20N2O5S/c1-3-15(24-25(21,22)13-7-5-4-6-8-13)17(20)19-12-9-10-14(18)16(11-12)23-2/h4-11,15H,3,18H2,1-2H3,(H,19,20)/t15-/m1/s1. The molecule has 0 heterocycles. The van der Waals surface area contributed by atoms with Crippen LogP contribution in [0.2, 0.25) is 0 Å². The molecule has 0 saturated heterocycles. The number of nitrogens with two attached hydrogens (primary N) is 1. The summed E-state index contributed by atoms with van der Waals surface area (Å²) in [7, 11) is -2.57. The van der Waals surface area contributed by atoms with Gasteiger partial charge in [0.25, 0.3) is 16.0 Å². The maximum Gasteiger partial charge on any atom is 0.297 e. The maximum absolute atomic E-state index is 12.4. The molecular formula is C17H20N2O5S. The molecule has 3 N–H and O–H groups in total. The fourth-order valence-corrected chi connectivity index (χ4v) is 3.24. The molecule has 0 aliphatic carbocycles. The highest BCUT2D eigenvalue weighted by atomic mass is 32.2. The van der Waals surface area contributed by atoms with E-state index in [0.717, 1.165) is 0 Å². The van der Waals surface area contributed by atoms with Crippen LogP contribution in [0.15, 0.2) is 53.4 Å². The second-order valence-corrected chi connectivity index (χ2v) is 6.78. The van der Waals surface area contributed by atoms with Crippen molar-refractivity contribution in [2.75, 3.05) is 18.2 Å². The molecule has 0 unspecified atom stereocenters. The van der Waals surface area contributed by atoms with Gasteiger partial charge >= 0.3 is 0 Å². The first-order chi connectivity index (χ1) is 11.9. The number of carbonyl (C=O) groups excluding carboxylic acids is 1. The van der Waals surface area contributed by atoms with E-state index in [1.54, 1.807) is 43.3 Å². The monoisotopic (exact) mass is 364 g/mol. The van der Waals surface area contributed by atoms with E-state index in [1.807, 2.05) is 0 Å². The first kappa shape index (κ1) is 18.8. The highest BCUT2D eigenvalue weighted by molar-refractivity contribution is 7.86. The summed E-state index contributed by atoms with van der Waals surface area (Å²) in [4.78, 5) is 12.4. The predicted octanol–water partition coefficient (Wildman–Crippen LogP) is 2.40. The summed E-state index contributed by atoms with van der Waals surface area (Å²) >= 11 is 0. The zero-order valence-electron chi connectivity index (χ0n) is 13.9. The van der Waals surface area contributed by atoms with Crippen molar-refractivity contribution in [3.8, 4) is 5.75 Å². The van der Waals surface area contributed by atoms with Crippen molar-refractivity contribution in [3.05, 3.63) is 48.5 Å². The van der Waals surface area contributed by atoms with Crippen LogP contribution in [0, 0.1) is 0 Å². The summed E-state index contributed by atoms with van der Waals surface area (Å²) in [6.45, 7) is 1.66. The van der Waals surface area contributed by atoms with Gasteiger partial charge in [-0.25, -0.2) is 0 Å². The summed E-state index contributed by atoms with van der Waals surface area (Å²) < 4.78 is 34.7. The van der Waals surface area contributed by atoms with Crippen molar-refractivity contribution >= 4 is 27.4 Å². The molecular weight excluding hydrogens is 344 g/mol. The topological polar surface area (TPSA) is 108 Å². The number of methoxy groups -OCH3 is 1. The van der Waals surface area contributed by atoms with E-state index in [1.165, 1.54) is 19.2 Å². The van der Waals surface area contributed by atoms with Crippen LogP contribution in [0.1, 0.15) is 13.3 Å². The zero-order valence-corrected chi connectivity index (χ0v) is 14.7. The number of ether oxygens (including phenoxy) is 1. The Morgan fingerprint density at radius 3 is 2.48 bits per heavy atom. The molecule has 8 heteroatoms. The smallest absolute Gasteiger partial charge is 0.297 e. The first-order valence-corrected chi connectivity index (χ1v) is 9.01. The van der Waals surface area contributed by atoms with Gasteiger partial charge in [0.2, 0.25) is 0 Å². The SMILES string of the molecule is CC[C@@H](OS(=O)(=O)c1ccccc1)C(=O)Nc1ccc(N)c(OC)c1. The summed E-state index contributed by atoms with van der Waals surface area (Å²) in [5.41, 5.74) is 6.58. The molecule has 0 spiro atoms. The molecule has 0 aromatic heterocycles. The molecule has 1 amide bonds. The van der Waals surface area contributed by atoms with E-state index in [2.05, 4.69) is 5.32 Å². The van der Waals surface area contributed by atoms with Crippen LogP contribution in [0.5, 0.6) is 5.75 Å². The van der Waals surface area contributed by atoms with Crippen LogP contribution in [0.4, 0.5) is 11.4 Å². The quantitative estimate of drug-likeness (QED) is 0.577. The number of benzene rings is 2. The van der Waals surface area contributed by atoms with Crippen LogP contribution in [0.3, 0.4) is 0 Å². The van der Waals surface area contributed by atoms with E-state index < -0.39 is 22.1 Å². The predicted molar refractivity (Wildman–Crippen MR) is 94.8 cm³/mol. The second-order valence-electron chi connectivity index (χ2n) is 5.21. The molecule has 2 rings (SSSR count). The van der Waals surface area contributed by atoms with Crippen molar-refractivity contribution in [1.82, 2.24) is 0 Å². The van der Waals surface area contributed by atoms with Crippen molar-refractivity contribution in [3.63, 3.8) is 0 Å². The van der Waals surface area contributed by atoms with Crippen LogP contribution >= 0.6 is 0 Å². The van der Waals surface area contributed by atoms with Gasteiger partial charge in [0, 0.05) is 11.8 Å². The summed E-state index contributed by atoms with van der Waals surface area (Å²) in [5.74, 6) is -0.169. The lowest BCUT2D eigenvalue weighted by Gasteiger charge is -2.16. The molecule has 134 valence electrons. The maximum atomic E-state index is 12.4. The normalized spacial score (nSPS) is 12.4. The van der Waals surface area contributed by atoms with Crippen molar-refractivity contribution in [1.29, 1.82) is 0 Å². The Labute approximate surface area is 146 Å². The van der Waals surface area contributed by atoms with Gasteiger partial charge in [0.1, 0.15) is 5.75 Å². The van der Waals surface area contributed by atoms with Gasteiger partial charge in [-0.3, -0.25) is 8.98 Å². The third kappa shape index (κ3) is 4.71. The average molecular weight is 364 g/mol. The molecule has 0 aliphatic heterocycles. The van der Waals surface area contributed by atoms with Crippen LogP contribution in [-0.2, 0) is 19.1 Å². The zero-order chi connectivity index (χ0) is 18.4. The molecule has 0 bridgehead atoms. The van der Waals surface area contributed by atoms with Gasteiger partial charge in [-0.1, -0.05) is 25.1 Å². The summed E-state index contributed by atoms with van der Waals surface area (Å²) in [5, 5.41) is 2.60. The minimum absolute atomic E-state index is 0.00426. The minimum atomic E-state index is -4.03. The molecule has 2 aromatic carbocycles. The Kier molecular flexibility index (Phi) is 6.00. The van der Waals surface area contributed by atoms with Crippen molar-refractivity contribution < 1.29 is 22.1 Å². The van der Waals surface area contributed by atoms with E-state index >= 15 is 0 Å². The molecule has 1 atom stereocenters. The summed E-state index contributed by atoms with van der Waals surface area (Å²) in [6, 6.07) is 12.4. The fraction of sp³-hybridized carbons (Fsp3) is 0.235. The number of carbonyl (C=O) groups is 1. The third-order valence-corrected chi connectivity index (χ3v) is 4.77. The number of hydrogen-bond acceptors (Lipinski definition) is 6. The largest absolute Gasteiger partial charge is 0.495 e. The van der Waals surface area contributed by atoms with Crippen molar-refractivity contribution in [2.24, 2.45) is 0 Å². The van der Waals surface area contributed by atoms with Gasteiger partial charge in [0.05, 0.1) is 17.7 Å². The lowest BCUT2D eigenvalue weighted by atomic mass is 10.2. The number of anilines is 2. The minimum Gasteiger partial charge on any atom is -0.495 e. The first-order valence-electron chi connectivity index (χ1n) is 7.60.